The number of nitrogens with two attached hydrogens (primary N) is 1. The van der Waals surface area contributed by atoms with Crippen LogP contribution in [0.1, 0.15) is 13.0 Å². The molecule has 5 aromatic rings. The molecule has 6 heterocycles. The number of nitrogen functional groups attached to an aromatic ring is 1. The number of pyridine rings is 2. The van der Waals surface area contributed by atoms with Gasteiger partial charge in [-0.3, -0.25) is 9.78 Å². The second-order valence-corrected chi connectivity index (χ2v) is 7.63. The van der Waals surface area contributed by atoms with Gasteiger partial charge in [0.05, 0.1) is 35.9 Å². The molecule has 0 radical (unpaired) electrons. The predicted octanol–water partition coefficient (Wildman–Crippen LogP) is 2.51. The highest BCUT2D eigenvalue weighted by molar-refractivity contribution is 6.00. The monoisotopic (exact) mass is 415 g/mol. The minimum absolute atomic E-state index is 0.322. The van der Waals surface area contributed by atoms with Crippen LogP contribution in [0.2, 0.25) is 0 Å². The molecule has 0 atom stereocenters. The molecule has 3 N–H and O–H groups in total. The number of fused-ring (bicyclic) bond motifs is 3. The molecule has 0 bridgehead atoms. The molecule has 156 valence electrons. The number of hydrogen-bond donors (Lipinski definition) is 2. The summed E-state index contributed by atoms with van der Waals surface area (Å²) < 4.78 is 9.52. The maximum Gasteiger partial charge on any atom is 0.178 e. The number of rotatable bonds is 5. The molecule has 0 unspecified atom stereocenters. The highest BCUT2D eigenvalue weighted by atomic mass is 16.5. The molecule has 6 rings (SSSR count). The van der Waals surface area contributed by atoms with E-state index >= 15 is 0 Å². The van der Waals surface area contributed by atoms with Crippen molar-refractivity contribution in [1.82, 2.24) is 34.6 Å². The summed E-state index contributed by atoms with van der Waals surface area (Å²) in [6.45, 7) is 4.27. The van der Waals surface area contributed by atoms with Crippen LogP contribution in [-0.2, 0) is 0 Å². The van der Waals surface area contributed by atoms with Crippen LogP contribution in [0.3, 0.4) is 0 Å². The lowest BCUT2D eigenvalue weighted by Gasteiger charge is -2.40. The smallest absolute Gasteiger partial charge is 0.178 e. The third-order valence-corrected chi connectivity index (χ3v) is 5.66. The lowest BCUT2D eigenvalue weighted by atomic mass is 10.1. The van der Waals surface area contributed by atoms with E-state index in [4.69, 9.17) is 15.5 Å². The fourth-order valence-electron chi connectivity index (χ4n) is 4.10. The Morgan fingerprint density at radius 2 is 2.10 bits per heavy atom. The summed E-state index contributed by atoms with van der Waals surface area (Å²) in [7, 11) is 0. The van der Waals surface area contributed by atoms with E-state index in [9.17, 15) is 0 Å². The van der Waals surface area contributed by atoms with E-state index in [1.807, 2.05) is 46.8 Å². The Balaban J connectivity index is 1.32. The Bertz CT molecular complexity index is 1380. The van der Waals surface area contributed by atoms with Gasteiger partial charge in [-0.05, 0) is 31.2 Å². The van der Waals surface area contributed by atoms with E-state index in [2.05, 4.69) is 37.4 Å². The number of aromatic nitrogens is 7. The van der Waals surface area contributed by atoms with E-state index in [1.165, 1.54) is 0 Å². The third kappa shape index (κ3) is 2.87. The zero-order valence-corrected chi connectivity index (χ0v) is 16.9. The minimum Gasteiger partial charge on any atom is -0.492 e. The van der Waals surface area contributed by atoms with Crippen LogP contribution in [0.15, 0.2) is 49.1 Å². The average Bonchev–Trinajstić information content (AvgIpc) is 3.43. The lowest BCUT2D eigenvalue weighted by Crippen LogP contribution is -2.48. The quantitative estimate of drug-likeness (QED) is 0.453. The van der Waals surface area contributed by atoms with Crippen molar-refractivity contribution in [2.75, 3.05) is 30.3 Å². The Kier molecular flexibility index (Phi) is 3.85. The average molecular weight is 415 g/mol. The SMILES string of the molecule is CCOc1cc(-c2ccc(N3CC(n4ccc(N)n4)C3)nc2)c2c3cn[nH]c3nn2c1. The zero-order valence-electron chi connectivity index (χ0n) is 16.9. The Hall–Kier alpha value is -4.08. The second-order valence-electron chi connectivity index (χ2n) is 7.63. The van der Waals surface area contributed by atoms with E-state index in [1.54, 1.807) is 6.20 Å². The van der Waals surface area contributed by atoms with Gasteiger partial charge in [-0.2, -0.15) is 10.2 Å². The topological polar surface area (TPSA) is 115 Å². The van der Waals surface area contributed by atoms with Crippen LogP contribution in [-0.4, -0.2) is 54.3 Å². The summed E-state index contributed by atoms with van der Waals surface area (Å²) in [6, 6.07) is 8.31. The van der Waals surface area contributed by atoms with Crippen molar-refractivity contribution in [3.05, 3.63) is 49.1 Å². The first-order valence-corrected chi connectivity index (χ1v) is 10.2. The van der Waals surface area contributed by atoms with Crippen LogP contribution < -0.4 is 15.4 Å². The molecule has 1 saturated heterocycles. The van der Waals surface area contributed by atoms with E-state index in [0.29, 0.717) is 18.5 Å². The molecule has 5 aromatic heterocycles. The van der Waals surface area contributed by atoms with Crippen LogP contribution in [0.4, 0.5) is 11.6 Å². The maximum absolute atomic E-state index is 5.76. The van der Waals surface area contributed by atoms with Crippen LogP contribution in [0.25, 0.3) is 27.7 Å². The molecule has 0 aromatic carbocycles. The minimum atomic E-state index is 0.322. The maximum atomic E-state index is 5.76. The number of nitrogens with one attached hydrogen (secondary N) is 1. The normalized spacial score (nSPS) is 14.4. The standard InChI is InChI=1S/C21H21N9O/c1-2-31-15-7-16(20-17-9-24-25-21(17)27-30(20)12-15)13-3-4-19(23-8-13)28-10-14(11-28)29-6-5-18(22)26-29/h3-9,12,14H,2,10-11H2,1H3,(H2,22,26)(H,25,27). The first-order valence-electron chi connectivity index (χ1n) is 10.2. The predicted molar refractivity (Wildman–Crippen MR) is 117 cm³/mol. The van der Waals surface area contributed by atoms with Gasteiger partial charge in [-0.25, -0.2) is 9.50 Å². The van der Waals surface area contributed by atoms with Crippen molar-refractivity contribution in [3.8, 4) is 16.9 Å². The molecule has 0 spiro atoms. The van der Waals surface area contributed by atoms with Gasteiger partial charge in [0.25, 0.3) is 0 Å². The number of ether oxygens (including phenoxy) is 1. The molecular formula is C21H21N9O. The number of hydrogen-bond acceptors (Lipinski definition) is 7. The fraction of sp³-hybridized carbons (Fsp3) is 0.238. The van der Waals surface area contributed by atoms with E-state index in [-0.39, 0.29) is 0 Å². The Morgan fingerprint density at radius 1 is 1.19 bits per heavy atom. The van der Waals surface area contributed by atoms with Crippen molar-refractivity contribution < 1.29 is 4.74 Å². The molecular weight excluding hydrogens is 394 g/mol. The summed E-state index contributed by atoms with van der Waals surface area (Å²) in [5.74, 6) is 2.25. The molecule has 1 fully saturated rings. The third-order valence-electron chi connectivity index (χ3n) is 5.66. The van der Waals surface area contributed by atoms with E-state index < -0.39 is 0 Å². The summed E-state index contributed by atoms with van der Waals surface area (Å²) in [5.41, 5.74) is 9.44. The largest absolute Gasteiger partial charge is 0.492 e. The number of H-pyrrole nitrogens is 1. The van der Waals surface area contributed by atoms with Gasteiger partial charge in [-0.15, -0.1) is 5.10 Å². The van der Waals surface area contributed by atoms with Gasteiger partial charge in [0.15, 0.2) is 5.65 Å². The molecule has 10 heteroatoms. The number of anilines is 2. The van der Waals surface area contributed by atoms with Crippen molar-refractivity contribution in [3.63, 3.8) is 0 Å². The summed E-state index contributed by atoms with van der Waals surface area (Å²) in [4.78, 5) is 6.95. The van der Waals surface area contributed by atoms with Gasteiger partial charge in [0.1, 0.15) is 17.4 Å². The van der Waals surface area contributed by atoms with Gasteiger partial charge in [-0.1, -0.05) is 0 Å². The summed E-state index contributed by atoms with van der Waals surface area (Å²) in [5, 5.41) is 16.9. The Morgan fingerprint density at radius 3 is 2.84 bits per heavy atom. The molecule has 31 heavy (non-hydrogen) atoms. The Labute approximate surface area is 177 Å². The lowest BCUT2D eigenvalue weighted by molar-refractivity contribution is 0.338. The van der Waals surface area contributed by atoms with Gasteiger partial charge in [0, 0.05) is 36.6 Å². The number of nitrogens with zero attached hydrogens (tertiary/aromatic N) is 7. The molecule has 0 saturated carbocycles. The molecule has 0 amide bonds. The van der Waals surface area contributed by atoms with Crippen LogP contribution in [0, 0.1) is 0 Å². The zero-order chi connectivity index (χ0) is 20.9. The first-order chi connectivity index (χ1) is 15.2. The van der Waals surface area contributed by atoms with Crippen molar-refractivity contribution in [2.45, 2.75) is 13.0 Å². The van der Waals surface area contributed by atoms with Gasteiger partial charge in [0.2, 0.25) is 0 Å². The first kappa shape index (κ1) is 17.8. The van der Waals surface area contributed by atoms with Crippen molar-refractivity contribution >= 4 is 28.2 Å². The van der Waals surface area contributed by atoms with Crippen LogP contribution >= 0.6 is 0 Å². The summed E-state index contributed by atoms with van der Waals surface area (Å²) in [6.07, 6.45) is 7.51. The molecule has 1 aliphatic rings. The fourth-order valence-corrected chi connectivity index (χ4v) is 4.10. The van der Waals surface area contributed by atoms with Gasteiger partial charge < -0.3 is 15.4 Å². The van der Waals surface area contributed by atoms with Crippen LogP contribution in [0.5, 0.6) is 5.75 Å². The number of aromatic amines is 1. The van der Waals surface area contributed by atoms with E-state index in [0.717, 1.165) is 52.3 Å². The second kappa shape index (κ2) is 6.73. The summed E-state index contributed by atoms with van der Waals surface area (Å²) >= 11 is 0. The molecule has 10 nitrogen and oxygen atoms in total. The highest BCUT2D eigenvalue weighted by Crippen LogP contribution is 2.34. The van der Waals surface area contributed by atoms with Crippen molar-refractivity contribution in [2.24, 2.45) is 0 Å². The van der Waals surface area contributed by atoms with Gasteiger partial charge >= 0.3 is 0 Å². The highest BCUT2D eigenvalue weighted by Gasteiger charge is 2.29. The van der Waals surface area contributed by atoms with Crippen molar-refractivity contribution in [1.29, 1.82) is 0 Å². The molecule has 0 aliphatic carbocycles. The molecule has 1 aliphatic heterocycles.